The Kier molecular flexibility index (Phi) is 6.37. The average Bonchev–Trinajstić information content (AvgIpc) is 2.68. The molecule has 1 aliphatic heterocycles. The molecule has 0 amide bonds. The molecule has 0 bridgehead atoms. The van der Waals surface area contributed by atoms with Crippen molar-refractivity contribution >= 4 is 36.0 Å². The molecule has 0 saturated carbocycles. The molecule has 0 spiro atoms. The van der Waals surface area contributed by atoms with Crippen LogP contribution >= 0.6 is 15.9 Å². The predicted octanol–water partition coefficient (Wildman–Crippen LogP) is 3.10. The first-order valence-electron chi connectivity index (χ1n) is 8.63. The molecule has 146 valence electrons. The van der Waals surface area contributed by atoms with E-state index in [0.29, 0.717) is 18.7 Å². The molecule has 0 aromatic heterocycles. The van der Waals surface area contributed by atoms with Gasteiger partial charge < -0.3 is 0 Å². The SMILES string of the molecule is O=S(=O)(NCc1ccc(S(=O)(=O)N2CCCCC2)cc1)c1ccc(Br)cc1. The first-order valence-corrected chi connectivity index (χ1v) is 12.3. The summed E-state index contributed by atoms with van der Waals surface area (Å²) >= 11 is 3.27. The Bertz CT molecular complexity index is 983. The minimum Gasteiger partial charge on any atom is -0.207 e. The van der Waals surface area contributed by atoms with Crippen molar-refractivity contribution in [3.8, 4) is 0 Å². The van der Waals surface area contributed by atoms with Gasteiger partial charge in [0.25, 0.3) is 0 Å². The van der Waals surface area contributed by atoms with Gasteiger partial charge in [0, 0.05) is 24.1 Å². The highest BCUT2D eigenvalue weighted by molar-refractivity contribution is 9.10. The molecule has 0 radical (unpaired) electrons. The van der Waals surface area contributed by atoms with E-state index in [1.807, 2.05) is 0 Å². The van der Waals surface area contributed by atoms with Crippen molar-refractivity contribution in [2.45, 2.75) is 35.6 Å². The van der Waals surface area contributed by atoms with Crippen LogP contribution in [-0.2, 0) is 26.6 Å². The molecule has 1 N–H and O–H groups in total. The summed E-state index contributed by atoms with van der Waals surface area (Å²) in [5.41, 5.74) is 0.688. The van der Waals surface area contributed by atoms with Gasteiger partial charge in [0.1, 0.15) is 0 Å². The summed E-state index contributed by atoms with van der Waals surface area (Å²) in [5.74, 6) is 0. The molecule has 0 atom stereocenters. The highest BCUT2D eigenvalue weighted by Crippen LogP contribution is 2.21. The van der Waals surface area contributed by atoms with Gasteiger partial charge in [0.2, 0.25) is 20.0 Å². The minimum absolute atomic E-state index is 0.0858. The monoisotopic (exact) mass is 472 g/mol. The number of sulfonamides is 2. The number of hydrogen-bond acceptors (Lipinski definition) is 4. The van der Waals surface area contributed by atoms with E-state index in [1.165, 1.54) is 28.6 Å². The van der Waals surface area contributed by atoms with E-state index in [-0.39, 0.29) is 16.3 Å². The molecular formula is C18H21BrN2O4S2. The van der Waals surface area contributed by atoms with Gasteiger partial charge in [0.05, 0.1) is 9.79 Å². The molecule has 1 saturated heterocycles. The third kappa shape index (κ3) is 4.97. The first kappa shape index (κ1) is 20.5. The van der Waals surface area contributed by atoms with Crippen LogP contribution in [0.2, 0.25) is 0 Å². The topological polar surface area (TPSA) is 83.5 Å². The van der Waals surface area contributed by atoms with Crippen LogP contribution in [0.4, 0.5) is 0 Å². The quantitative estimate of drug-likeness (QED) is 0.699. The fourth-order valence-corrected chi connectivity index (χ4v) is 5.71. The fraction of sp³-hybridized carbons (Fsp3) is 0.333. The van der Waals surface area contributed by atoms with E-state index < -0.39 is 20.0 Å². The van der Waals surface area contributed by atoms with Crippen molar-refractivity contribution < 1.29 is 16.8 Å². The van der Waals surface area contributed by atoms with Crippen molar-refractivity contribution in [1.29, 1.82) is 0 Å². The minimum atomic E-state index is -3.63. The number of piperidine rings is 1. The smallest absolute Gasteiger partial charge is 0.207 e. The van der Waals surface area contributed by atoms with Gasteiger partial charge in [-0.2, -0.15) is 4.31 Å². The van der Waals surface area contributed by atoms with E-state index in [1.54, 1.807) is 24.3 Å². The van der Waals surface area contributed by atoms with Crippen molar-refractivity contribution in [3.05, 3.63) is 58.6 Å². The third-order valence-electron chi connectivity index (χ3n) is 4.47. The Morgan fingerprint density at radius 3 is 1.96 bits per heavy atom. The summed E-state index contributed by atoms with van der Waals surface area (Å²) in [6, 6.07) is 12.7. The maximum absolute atomic E-state index is 12.6. The number of benzene rings is 2. The summed E-state index contributed by atoms with van der Waals surface area (Å²) in [6.07, 6.45) is 2.83. The van der Waals surface area contributed by atoms with Gasteiger partial charge in [-0.25, -0.2) is 21.6 Å². The lowest BCUT2D eigenvalue weighted by molar-refractivity contribution is 0.346. The highest BCUT2D eigenvalue weighted by atomic mass is 79.9. The second-order valence-corrected chi connectivity index (χ2v) is 11.0. The molecule has 27 heavy (non-hydrogen) atoms. The van der Waals surface area contributed by atoms with Crippen LogP contribution in [0.25, 0.3) is 0 Å². The van der Waals surface area contributed by atoms with Gasteiger partial charge in [-0.1, -0.05) is 34.5 Å². The van der Waals surface area contributed by atoms with Crippen LogP contribution in [0.1, 0.15) is 24.8 Å². The molecule has 2 aromatic carbocycles. The molecule has 0 aliphatic carbocycles. The Morgan fingerprint density at radius 2 is 1.37 bits per heavy atom. The molecular weight excluding hydrogens is 452 g/mol. The molecule has 9 heteroatoms. The van der Waals surface area contributed by atoms with E-state index in [9.17, 15) is 16.8 Å². The number of hydrogen-bond donors (Lipinski definition) is 1. The summed E-state index contributed by atoms with van der Waals surface area (Å²) in [5, 5.41) is 0. The van der Waals surface area contributed by atoms with Gasteiger partial charge in [-0.05, 0) is 54.8 Å². The first-order chi connectivity index (χ1) is 12.8. The molecule has 3 rings (SSSR count). The third-order valence-corrected chi connectivity index (χ3v) is 8.33. The Morgan fingerprint density at radius 1 is 0.815 bits per heavy atom. The van der Waals surface area contributed by atoms with Crippen molar-refractivity contribution in [1.82, 2.24) is 9.03 Å². The lowest BCUT2D eigenvalue weighted by atomic mass is 10.2. The second kappa shape index (κ2) is 8.40. The lowest BCUT2D eigenvalue weighted by Crippen LogP contribution is -2.35. The Hall–Kier alpha value is -1.26. The molecule has 2 aromatic rings. The van der Waals surface area contributed by atoms with Crippen LogP contribution in [0.3, 0.4) is 0 Å². The largest absolute Gasteiger partial charge is 0.243 e. The van der Waals surface area contributed by atoms with Crippen LogP contribution < -0.4 is 4.72 Å². The number of nitrogens with one attached hydrogen (secondary N) is 1. The van der Waals surface area contributed by atoms with E-state index in [4.69, 9.17) is 0 Å². The number of halogens is 1. The fourth-order valence-electron chi connectivity index (χ4n) is 2.91. The highest BCUT2D eigenvalue weighted by Gasteiger charge is 2.25. The van der Waals surface area contributed by atoms with E-state index >= 15 is 0 Å². The van der Waals surface area contributed by atoms with Gasteiger partial charge in [-0.3, -0.25) is 0 Å². The van der Waals surface area contributed by atoms with E-state index in [2.05, 4.69) is 20.7 Å². The Labute approximate surface area is 168 Å². The molecule has 1 heterocycles. The zero-order valence-corrected chi connectivity index (χ0v) is 17.9. The van der Waals surface area contributed by atoms with E-state index in [0.717, 1.165) is 23.7 Å². The summed E-state index contributed by atoms with van der Waals surface area (Å²) in [7, 11) is -7.11. The van der Waals surface area contributed by atoms with Gasteiger partial charge in [-0.15, -0.1) is 0 Å². The van der Waals surface area contributed by atoms with Crippen LogP contribution in [0.15, 0.2) is 62.8 Å². The Balaban J connectivity index is 1.68. The molecule has 1 fully saturated rings. The van der Waals surface area contributed by atoms with Crippen LogP contribution in [0, 0.1) is 0 Å². The van der Waals surface area contributed by atoms with Gasteiger partial charge in [0.15, 0.2) is 0 Å². The zero-order valence-electron chi connectivity index (χ0n) is 14.6. The summed E-state index contributed by atoms with van der Waals surface area (Å²) in [4.78, 5) is 0.416. The molecule has 6 nitrogen and oxygen atoms in total. The molecule has 1 aliphatic rings. The summed E-state index contributed by atoms with van der Waals surface area (Å²) < 4.78 is 54.8. The standard InChI is InChI=1S/C18H21BrN2O4S2/c19-16-6-10-17(11-7-16)26(22,23)20-14-15-4-8-18(9-5-15)27(24,25)21-12-2-1-3-13-21/h4-11,20H,1-3,12-14H2. The van der Waals surface area contributed by atoms with Crippen LogP contribution in [-0.4, -0.2) is 34.2 Å². The normalized spacial score (nSPS) is 16.3. The van der Waals surface area contributed by atoms with Crippen molar-refractivity contribution in [2.24, 2.45) is 0 Å². The number of rotatable bonds is 6. The lowest BCUT2D eigenvalue weighted by Gasteiger charge is -2.25. The zero-order chi connectivity index (χ0) is 19.5. The maximum atomic E-state index is 12.6. The molecule has 0 unspecified atom stereocenters. The summed E-state index contributed by atoms with van der Waals surface area (Å²) in [6.45, 7) is 1.19. The van der Waals surface area contributed by atoms with Crippen LogP contribution in [0.5, 0.6) is 0 Å². The van der Waals surface area contributed by atoms with Crippen molar-refractivity contribution in [3.63, 3.8) is 0 Å². The number of nitrogens with zero attached hydrogens (tertiary/aromatic N) is 1. The predicted molar refractivity (Wildman–Crippen MR) is 107 cm³/mol. The maximum Gasteiger partial charge on any atom is 0.243 e. The van der Waals surface area contributed by atoms with Gasteiger partial charge >= 0.3 is 0 Å². The second-order valence-electron chi connectivity index (χ2n) is 6.39. The van der Waals surface area contributed by atoms with Crippen molar-refractivity contribution in [2.75, 3.05) is 13.1 Å². The average molecular weight is 473 g/mol.